The predicted octanol–water partition coefficient (Wildman–Crippen LogP) is 2.70. The van der Waals surface area contributed by atoms with Gasteiger partial charge in [-0.05, 0) is 9.62 Å². The van der Waals surface area contributed by atoms with E-state index in [9.17, 15) is 30.9 Å². The first-order chi connectivity index (χ1) is 5.56. The maximum atomic E-state index is 12.0. The van der Waals surface area contributed by atoms with E-state index in [-0.39, 0.29) is 0 Å². The second kappa shape index (κ2) is 3.29. The van der Waals surface area contributed by atoms with E-state index < -0.39 is 24.9 Å². The number of hydrogen-bond donors (Lipinski definition) is 0. The fraction of sp³-hybridized carbons (Fsp3) is 1.00. The zero-order valence-corrected chi connectivity index (χ0v) is 5.96. The average Bonchev–Trinajstić information content (AvgIpc) is 1.84. The lowest BCUT2D eigenvalue weighted by Gasteiger charge is -2.27. The van der Waals surface area contributed by atoms with Crippen molar-refractivity contribution >= 4 is 0 Å². The van der Waals surface area contributed by atoms with Crippen molar-refractivity contribution in [2.75, 3.05) is 0 Å². The highest BCUT2D eigenvalue weighted by molar-refractivity contribution is 4.87. The molecule has 0 saturated heterocycles. The van der Waals surface area contributed by atoms with Crippen LogP contribution in [0.5, 0.6) is 0 Å². The number of halogens is 7. The molecular weight excluding hydrogens is 213 g/mol. The van der Waals surface area contributed by atoms with E-state index in [1.165, 1.54) is 0 Å². The van der Waals surface area contributed by atoms with Gasteiger partial charge in [0.2, 0.25) is 0 Å². The van der Waals surface area contributed by atoms with Gasteiger partial charge in [0.1, 0.15) is 0 Å². The van der Waals surface area contributed by atoms with Gasteiger partial charge in [0.15, 0.2) is 0 Å². The van der Waals surface area contributed by atoms with Gasteiger partial charge >= 0.3 is 18.0 Å². The molecule has 0 atom stereocenters. The van der Waals surface area contributed by atoms with Crippen LogP contribution >= 0.6 is 0 Å². The van der Waals surface area contributed by atoms with Crippen LogP contribution in [0.3, 0.4) is 0 Å². The zero-order valence-electron chi connectivity index (χ0n) is 5.96. The smallest absolute Gasteiger partial charge is 0.200 e. The van der Waals surface area contributed by atoms with E-state index in [0.29, 0.717) is 0 Å². The van der Waals surface area contributed by atoms with Gasteiger partial charge in [-0.3, -0.25) is 0 Å². The van der Waals surface area contributed by atoms with Gasteiger partial charge in [-0.2, -0.15) is 26.3 Å². The Morgan fingerprint density at radius 2 is 1.31 bits per heavy atom. The maximum Gasteiger partial charge on any atom is 0.454 e. The Labute approximate surface area is 67.0 Å². The molecule has 0 aromatic heterocycles. The predicted molar refractivity (Wildman–Crippen MR) is 23.8 cm³/mol. The average molecular weight is 216 g/mol. The fourth-order valence-corrected chi connectivity index (χ4v) is 0.347. The van der Waals surface area contributed by atoms with Gasteiger partial charge in [0.05, 0.1) is 0 Å². The van der Waals surface area contributed by atoms with E-state index >= 15 is 0 Å². The first-order valence-electron chi connectivity index (χ1n) is 2.66. The summed E-state index contributed by atoms with van der Waals surface area (Å²) in [6, 6.07) is 0. The highest BCUT2D eigenvalue weighted by Crippen LogP contribution is 2.45. The van der Waals surface area contributed by atoms with Crippen molar-refractivity contribution in [1.29, 1.82) is 0 Å². The Balaban J connectivity index is 4.81. The van der Waals surface area contributed by atoms with Gasteiger partial charge in [0, 0.05) is 6.92 Å². The quantitative estimate of drug-likeness (QED) is 0.408. The third-order valence-electron chi connectivity index (χ3n) is 1.05. The number of alkyl halides is 6. The normalized spacial score (nSPS) is 14.8. The third kappa shape index (κ3) is 2.21. The lowest BCUT2D eigenvalue weighted by Crippen LogP contribution is -2.53. The summed E-state index contributed by atoms with van der Waals surface area (Å²) in [6.07, 6.45) is -5.75. The van der Waals surface area contributed by atoms with Crippen molar-refractivity contribution in [3.05, 3.63) is 0 Å². The molecule has 2 nitrogen and oxygen atoms in total. The molecule has 0 rings (SSSR count). The van der Waals surface area contributed by atoms with E-state index in [1.807, 2.05) is 0 Å². The Kier molecular flexibility index (Phi) is 3.15. The van der Waals surface area contributed by atoms with Crippen LogP contribution in [0, 0.1) is 0 Å². The third-order valence-corrected chi connectivity index (χ3v) is 1.05. The van der Waals surface area contributed by atoms with E-state index in [1.54, 1.807) is 5.09 Å². The molecule has 0 fully saturated rings. The molecule has 0 aliphatic carbocycles. The van der Waals surface area contributed by atoms with Crippen molar-refractivity contribution in [2.45, 2.75) is 24.9 Å². The summed E-state index contributed by atoms with van der Waals surface area (Å²) in [7, 11) is 0. The van der Waals surface area contributed by atoms with Crippen molar-refractivity contribution in [2.24, 2.45) is 0 Å². The van der Waals surface area contributed by atoms with Gasteiger partial charge in [-0.15, -0.1) is 4.89 Å². The molecule has 0 aromatic carbocycles. The molecule has 0 N–H and O–H groups in total. The molecular formula is C4H3F7O2. The van der Waals surface area contributed by atoms with Crippen molar-refractivity contribution < 1.29 is 40.8 Å². The fourth-order valence-electron chi connectivity index (χ4n) is 0.347. The summed E-state index contributed by atoms with van der Waals surface area (Å²) >= 11 is 0. The number of rotatable bonds is 4. The summed E-state index contributed by atoms with van der Waals surface area (Å²) in [6.45, 7) is -0.470. The van der Waals surface area contributed by atoms with Gasteiger partial charge in [-0.1, -0.05) is 0 Å². The SMILES string of the molecule is CC(F)(F)C(F)(F)C(F)(F)OOF. The van der Waals surface area contributed by atoms with Gasteiger partial charge < -0.3 is 0 Å². The molecule has 0 aliphatic rings. The Bertz CT molecular complexity index is 174. The van der Waals surface area contributed by atoms with E-state index in [0.717, 1.165) is 0 Å². The molecule has 9 heteroatoms. The summed E-state index contributed by atoms with van der Waals surface area (Å²) in [5, 5.41) is 1.72. The molecule has 0 bridgehead atoms. The van der Waals surface area contributed by atoms with Crippen LogP contribution in [0.1, 0.15) is 6.92 Å². The van der Waals surface area contributed by atoms with Crippen LogP contribution in [-0.4, -0.2) is 18.0 Å². The summed E-state index contributed by atoms with van der Waals surface area (Å²) in [4.78, 5) is 2.09. The zero-order chi connectivity index (χ0) is 10.9. The van der Waals surface area contributed by atoms with Crippen LogP contribution in [0.15, 0.2) is 0 Å². The van der Waals surface area contributed by atoms with E-state index in [2.05, 4.69) is 4.89 Å². The number of hydrogen-bond acceptors (Lipinski definition) is 2. The molecule has 0 spiro atoms. The monoisotopic (exact) mass is 216 g/mol. The molecule has 0 amide bonds. The summed E-state index contributed by atoms with van der Waals surface area (Å²) in [5.74, 6) is -10.9. The molecule has 0 unspecified atom stereocenters. The minimum atomic E-state index is -5.87. The van der Waals surface area contributed by atoms with E-state index in [4.69, 9.17) is 0 Å². The van der Waals surface area contributed by atoms with Crippen LogP contribution < -0.4 is 0 Å². The molecule has 13 heavy (non-hydrogen) atoms. The highest BCUT2D eigenvalue weighted by Gasteiger charge is 2.72. The second-order valence-corrected chi connectivity index (χ2v) is 2.13. The van der Waals surface area contributed by atoms with Crippen LogP contribution in [-0.2, 0) is 9.98 Å². The standard InChI is InChI=1S/C4H3F7O2/c1-2(5,6)3(7,8)4(9,10)12-13-11/h1H3. The molecule has 0 aliphatic heterocycles. The van der Waals surface area contributed by atoms with Crippen molar-refractivity contribution in [3.63, 3.8) is 0 Å². The second-order valence-electron chi connectivity index (χ2n) is 2.13. The van der Waals surface area contributed by atoms with Gasteiger partial charge in [-0.25, -0.2) is 0 Å². The molecule has 0 heterocycles. The van der Waals surface area contributed by atoms with Crippen LogP contribution in [0.4, 0.5) is 30.9 Å². The first kappa shape index (κ1) is 12.4. The molecule has 0 saturated carbocycles. The van der Waals surface area contributed by atoms with Crippen LogP contribution in [0.25, 0.3) is 0 Å². The largest absolute Gasteiger partial charge is 0.454 e. The topological polar surface area (TPSA) is 18.5 Å². The molecule has 80 valence electrons. The summed E-state index contributed by atoms with van der Waals surface area (Å²) in [5.41, 5.74) is 0. The Morgan fingerprint density at radius 1 is 0.923 bits per heavy atom. The van der Waals surface area contributed by atoms with Crippen molar-refractivity contribution in [3.8, 4) is 0 Å². The van der Waals surface area contributed by atoms with Gasteiger partial charge in [0.25, 0.3) is 0 Å². The minimum Gasteiger partial charge on any atom is -0.200 e. The lowest BCUT2D eigenvalue weighted by molar-refractivity contribution is -0.561. The van der Waals surface area contributed by atoms with Crippen LogP contribution in [0.2, 0.25) is 0 Å². The lowest BCUT2D eigenvalue weighted by atomic mass is 10.2. The first-order valence-corrected chi connectivity index (χ1v) is 2.66. The highest BCUT2D eigenvalue weighted by atomic mass is 19.4. The minimum absolute atomic E-state index is 0.470. The maximum absolute atomic E-state index is 12.0. The molecule has 0 radical (unpaired) electrons. The summed E-state index contributed by atoms with van der Waals surface area (Å²) < 4.78 is 82.1. The van der Waals surface area contributed by atoms with Crippen molar-refractivity contribution in [1.82, 2.24) is 0 Å². The Hall–Kier alpha value is -0.570. The Morgan fingerprint density at radius 3 is 1.54 bits per heavy atom. The molecule has 0 aromatic rings.